The molecule has 0 atom stereocenters. The van der Waals surface area contributed by atoms with Gasteiger partial charge >= 0.3 is 0 Å². The highest BCUT2D eigenvalue weighted by Crippen LogP contribution is 2.25. The summed E-state index contributed by atoms with van der Waals surface area (Å²) in [6.45, 7) is 0. The standard InChI is InChI=1S/C16H11ClN4O3/c17-14-9-12(21(23)24)4-5-13(14)16(22)19-11-3-1-2-10(8-11)15-6-7-18-20-15/h1-9H,(H,18,20)(H,19,22). The highest BCUT2D eigenvalue weighted by atomic mass is 35.5. The van der Waals surface area contributed by atoms with Crippen molar-refractivity contribution in [3.05, 3.63) is 75.4 Å². The smallest absolute Gasteiger partial charge is 0.270 e. The molecule has 1 aromatic heterocycles. The summed E-state index contributed by atoms with van der Waals surface area (Å²) in [6, 6.07) is 12.7. The Morgan fingerprint density at radius 1 is 1.21 bits per heavy atom. The number of carbonyl (C=O) groups is 1. The predicted octanol–water partition coefficient (Wildman–Crippen LogP) is 3.89. The second kappa shape index (κ2) is 6.51. The Balaban J connectivity index is 1.83. The molecule has 0 saturated carbocycles. The van der Waals surface area contributed by atoms with Crippen molar-refractivity contribution in [2.45, 2.75) is 0 Å². The largest absolute Gasteiger partial charge is 0.322 e. The number of anilines is 1. The number of halogens is 1. The molecule has 8 heteroatoms. The maximum Gasteiger partial charge on any atom is 0.270 e. The van der Waals surface area contributed by atoms with E-state index in [1.807, 2.05) is 12.1 Å². The molecule has 0 spiro atoms. The van der Waals surface area contributed by atoms with E-state index in [0.29, 0.717) is 5.69 Å². The van der Waals surface area contributed by atoms with Crippen LogP contribution < -0.4 is 5.32 Å². The number of hydrogen-bond donors (Lipinski definition) is 2. The molecule has 0 saturated heterocycles. The first kappa shape index (κ1) is 15.7. The van der Waals surface area contributed by atoms with Crippen LogP contribution >= 0.6 is 11.6 Å². The summed E-state index contributed by atoms with van der Waals surface area (Å²) in [4.78, 5) is 22.5. The highest BCUT2D eigenvalue weighted by Gasteiger charge is 2.15. The van der Waals surface area contributed by atoms with Crippen LogP contribution in [0.25, 0.3) is 11.3 Å². The normalized spacial score (nSPS) is 10.4. The van der Waals surface area contributed by atoms with Gasteiger partial charge in [-0.1, -0.05) is 23.7 Å². The number of nitrogens with zero attached hydrogens (tertiary/aromatic N) is 2. The van der Waals surface area contributed by atoms with Crippen molar-refractivity contribution in [1.29, 1.82) is 0 Å². The zero-order valence-corrected chi connectivity index (χ0v) is 12.9. The molecule has 0 bridgehead atoms. The Morgan fingerprint density at radius 3 is 2.71 bits per heavy atom. The maximum atomic E-state index is 12.3. The van der Waals surface area contributed by atoms with Crippen LogP contribution in [0.4, 0.5) is 11.4 Å². The van der Waals surface area contributed by atoms with E-state index >= 15 is 0 Å². The molecule has 0 fully saturated rings. The fourth-order valence-electron chi connectivity index (χ4n) is 2.18. The van der Waals surface area contributed by atoms with Crippen LogP contribution in [0.3, 0.4) is 0 Å². The Morgan fingerprint density at radius 2 is 2.04 bits per heavy atom. The molecule has 1 heterocycles. The second-order valence-corrected chi connectivity index (χ2v) is 5.33. The fraction of sp³-hybridized carbons (Fsp3) is 0. The van der Waals surface area contributed by atoms with E-state index in [4.69, 9.17) is 11.6 Å². The van der Waals surface area contributed by atoms with Crippen molar-refractivity contribution in [3.8, 4) is 11.3 Å². The first-order valence-corrected chi connectivity index (χ1v) is 7.27. The SMILES string of the molecule is O=C(Nc1cccc(-c2ccn[nH]2)c1)c1ccc([N+](=O)[O-])cc1Cl. The molecule has 1 amide bonds. The summed E-state index contributed by atoms with van der Waals surface area (Å²) in [6.07, 6.45) is 1.64. The van der Waals surface area contributed by atoms with E-state index < -0.39 is 10.8 Å². The number of hydrogen-bond acceptors (Lipinski definition) is 4. The van der Waals surface area contributed by atoms with Crippen LogP contribution in [0, 0.1) is 10.1 Å². The summed E-state index contributed by atoms with van der Waals surface area (Å²) in [7, 11) is 0. The first-order chi connectivity index (χ1) is 11.5. The Bertz CT molecular complexity index is 909. The molecule has 0 aliphatic heterocycles. The minimum Gasteiger partial charge on any atom is -0.322 e. The number of benzene rings is 2. The molecule has 2 N–H and O–H groups in total. The van der Waals surface area contributed by atoms with Crippen molar-refractivity contribution in [2.75, 3.05) is 5.32 Å². The van der Waals surface area contributed by atoms with Gasteiger partial charge in [0.05, 0.1) is 21.2 Å². The van der Waals surface area contributed by atoms with Gasteiger partial charge in [-0.15, -0.1) is 0 Å². The van der Waals surface area contributed by atoms with Crippen LogP contribution in [-0.2, 0) is 0 Å². The van der Waals surface area contributed by atoms with Gasteiger partial charge in [-0.05, 0) is 24.3 Å². The third-order valence-corrected chi connectivity index (χ3v) is 3.65. The topological polar surface area (TPSA) is 101 Å². The maximum absolute atomic E-state index is 12.3. The Hall–Kier alpha value is -3.19. The zero-order chi connectivity index (χ0) is 17.1. The van der Waals surface area contributed by atoms with Gasteiger partial charge in [0.25, 0.3) is 11.6 Å². The summed E-state index contributed by atoms with van der Waals surface area (Å²) < 4.78 is 0. The quantitative estimate of drug-likeness (QED) is 0.554. The second-order valence-electron chi connectivity index (χ2n) is 4.93. The van der Waals surface area contributed by atoms with E-state index in [-0.39, 0.29) is 16.3 Å². The van der Waals surface area contributed by atoms with Gasteiger partial charge in [-0.2, -0.15) is 5.10 Å². The summed E-state index contributed by atoms with van der Waals surface area (Å²) in [5.41, 5.74) is 2.24. The molecule has 7 nitrogen and oxygen atoms in total. The third kappa shape index (κ3) is 3.26. The molecule has 3 aromatic rings. The van der Waals surface area contributed by atoms with Crippen molar-refractivity contribution < 1.29 is 9.72 Å². The van der Waals surface area contributed by atoms with Crippen LogP contribution in [0.5, 0.6) is 0 Å². The van der Waals surface area contributed by atoms with Crippen LogP contribution in [0.1, 0.15) is 10.4 Å². The number of H-pyrrole nitrogens is 1. The molecule has 120 valence electrons. The van der Waals surface area contributed by atoms with E-state index in [1.54, 1.807) is 24.4 Å². The average molecular weight is 343 g/mol. The van der Waals surface area contributed by atoms with Gasteiger partial charge in [0.2, 0.25) is 0 Å². The molecule has 0 unspecified atom stereocenters. The van der Waals surface area contributed by atoms with Gasteiger partial charge in [0.1, 0.15) is 0 Å². The summed E-state index contributed by atoms with van der Waals surface area (Å²) in [5, 5.41) is 20.2. The van der Waals surface area contributed by atoms with Crippen molar-refractivity contribution in [2.24, 2.45) is 0 Å². The van der Waals surface area contributed by atoms with E-state index in [9.17, 15) is 14.9 Å². The van der Waals surface area contributed by atoms with Gasteiger partial charge < -0.3 is 5.32 Å². The van der Waals surface area contributed by atoms with Gasteiger partial charge in [-0.3, -0.25) is 20.0 Å². The molecule has 24 heavy (non-hydrogen) atoms. The zero-order valence-electron chi connectivity index (χ0n) is 12.2. The van der Waals surface area contributed by atoms with Gasteiger partial charge in [-0.25, -0.2) is 0 Å². The lowest BCUT2D eigenvalue weighted by molar-refractivity contribution is -0.384. The minimum absolute atomic E-state index is 0.0198. The average Bonchev–Trinajstić information content (AvgIpc) is 3.09. The Kier molecular flexibility index (Phi) is 4.26. The van der Waals surface area contributed by atoms with Crippen LogP contribution in [-0.4, -0.2) is 21.0 Å². The molecule has 2 aromatic carbocycles. The number of rotatable bonds is 4. The van der Waals surface area contributed by atoms with Crippen molar-refractivity contribution >= 4 is 28.9 Å². The number of nitro groups is 1. The molecular formula is C16H11ClN4O3. The summed E-state index contributed by atoms with van der Waals surface area (Å²) >= 11 is 5.97. The van der Waals surface area contributed by atoms with Crippen molar-refractivity contribution in [3.63, 3.8) is 0 Å². The number of nitro benzene ring substituents is 1. The lowest BCUT2D eigenvalue weighted by Gasteiger charge is -2.08. The molecule has 0 aliphatic rings. The predicted molar refractivity (Wildman–Crippen MR) is 90.1 cm³/mol. The van der Waals surface area contributed by atoms with Crippen LogP contribution in [0.15, 0.2) is 54.7 Å². The molecule has 3 rings (SSSR count). The fourth-order valence-corrected chi connectivity index (χ4v) is 2.44. The van der Waals surface area contributed by atoms with E-state index in [0.717, 1.165) is 17.3 Å². The number of carbonyl (C=O) groups excluding carboxylic acids is 1. The summed E-state index contributed by atoms with van der Waals surface area (Å²) in [5.74, 6) is -0.448. The van der Waals surface area contributed by atoms with Gasteiger partial charge in [0, 0.05) is 29.6 Å². The minimum atomic E-state index is -0.568. The lowest BCUT2D eigenvalue weighted by Crippen LogP contribution is -2.12. The van der Waals surface area contributed by atoms with Gasteiger partial charge in [0.15, 0.2) is 0 Å². The number of non-ortho nitro benzene ring substituents is 1. The van der Waals surface area contributed by atoms with E-state index in [1.165, 1.54) is 12.1 Å². The molecule has 0 aliphatic carbocycles. The monoisotopic (exact) mass is 342 g/mol. The first-order valence-electron chi connectivity index (χ1n) is 6.90. The van der Waals surface area contributed by atoms with Crippen molar-refractivity contribution in [1.82, 2.24) is 10.2 Å². The lowest BCUT2D eigenvalue weighted by atomic mass is 10.1. The number of aromatic nitrogens is 2. The number of aromatic amines is 1. The molecule has 0 radical (unpaired) electrons. The van der Waals surface area contributed by atoms with E-state index in [2.05, 4.69) is 15.5 Å². The molecular weight excluding hydrogens is 332 g/mol. The third-order valence-electron chi connectivity index (χ3n) is 3.34. The highest BCUT2D eigenvalue weighted by molar-refractivity contribution is 6.34. The number of amides is 1. The Labute approximate surface area is 141 Å². The number of nitrogens with one attached hydrogen (secondary N) is 2. The van der Waals surface area contributed by atoms with Crippen LogP contribution in [0.2, 0.25) is 5.02 Å².